The highest BCUT2D eigenvalue weighted by Crippen LogP contribution is 2.24. The lowest BCUT2D eigenvalue weighted by Crippen LogP contribution is -2.28. The van der Waals surface area contributed by atoms with Crippen LogP contribution < -0.4 is 5.73 Å². The van der Waals surface area contributed by atoms with Crippen molar-refractivity contribution in [1.82, 2.24) is 4.90 Å². The zero-order valence-electron chi connectivity index (χ0n) is 26.5. The molecule has 0 aromatic rings. The molecule has 0 aliphatic heterocycles. The minimum Gasteiger partial charge on any atom is -0.330 e. The maximum atomic E-state index is 10.4. The van der Waals surface area contributed by atoms with Crippen molar-refractivity contribution in [2.75, 3.05) is 26.2 Å². The Morgan fingerprint density at radius 3 is 1.29 bits per heavy atom. The van der Waals surface area contributed by atoms with E-state index in [1.165, 1.54) is 174 Å². The molecule has 0 amide bonds. The van der Waals surface area contributed by atoms with Gasteiger partial charge in [0.1, 0.15) is 6.29 Å². The van der Waals surface area contributed by atoms with Gasteiger partial charge in [-0.05, 0) is 57.8 Å². The van der Waals surface area contributed by atoms with E-state index >= 15 is 0 Å². The van der Waals surface area contributed by atoms with Crippen LogP contribution in [0.2, 0.25) is 0 Å². The van der Waals surface area contributed by atoms with E-state index in [2.05, 4.69) is 18.7 Å². The number of carbonyl (C=O) groups is 1. The zero-order valence-corrected chi connectivity index (χ0v) is 26.5. The van der Waals surface area contributed by atoms with E-state index in [9.17, 15) is 4.79 Å². The lowest BCUT2D eigenvalue weighted by molar-refractivity contribution is -0.107. The quantitative estimate of drug-likeness (QED) is 0.0670. The summed E-state index contributed by atoms with van der Waals surface area (Å²) in [5.74, 6) is 0.998. The van der Waals surface area contributed by atoms with E-state index in [1.807, 2.05) is 0 Å². The Bertz CT molecular complexity index is 426. The predicted molar refractivity (Wildman–Crippen MR) is 171 cm³/mol. The SMILES string of the molecule is CCCCCCCCC(CCCCCCCC)CCCCCCCN(CCCN)CCCCCCCC=O. The van der Waals surface area contributed by atoms with E-state index < -0.39 is 0 Å². The van der Waals surface area contributed by atoms with Crippen LogP contribution in [-0.2, 0) is 4.79 Å². The van der Waals surface area contributed by atoms with Gasteiger partial charge in [0.25, 0.3) is 0 Å². The molecule has 38 heavy (non-hydrogen) atoms. The fourth-order valence-electron chi connectivity index (χ4n) is 5.90. The molecule has 3 nitrogen and oxygen atoms in total. The predicted octanol–water partition coefficient (Wildman–Crippen LogP) is 10.6. The molecule has 0 aliphatic carbocycles. The van der Waals surface area contributed by atoms with Crippen molar-refractivity contribution in [1.29, 1.82) is 0 Å². The van der Waals surface area contributed by atoms with Gasteiger partial charge in [0.15, 0.2) is 0 Å². The van der Waals surface area contributed by atoms with Crippen LogP contribution in [0.1, 0.15) is 187 Å². The van der Waals surface area contributed by atoms with Gasteiger partial charge in [-0.2, -0.15) is 0 Å². The number of aldehydes is 1. The van der Waals surface area contributed by atoms with Crippen LogP contribution in [0.4, 0.5) is 0 Å². The summed E-state index contributed by atoms with van der Waals surface area (Å²) in [6.45, 7) is 9.09. The van der Waals surface area contributed by atoms with Crippen molar-refractivity contribution in [2.45, 2.75) is 187 Å². The van der Waals surface area contributed by atoms with E-state index in [4.69, 9.17) is 5.73 Å². The second-order valence-corrected chi connectivity index (χ2v) is 12.2. The van der Waals surface area contributed by atoms with Crippen LogP contribution in [0.15, 0.2) is 0 Å². The van der Waals surface area contributed by atoms with Gasteiger partial charge in [0.2, 0.25) is 0 Å². The molecule has 0 aromatic carbocycles. The summed E-state index contributed by atoms with van der Waals surface area (Å²) in [6.07, 6.45) is 37.9. The number of unbranched alkanes of at least 4 members (excludes halogenated alkanes) is 19. The molecule has 0 saturated carbocycles. The summed E-state index contributed by atoms with van der Waals surface area (Å²) in [5.41, 5.74) is 5.79. The van der Waals surface area contributed by atoms with Crippen LogP contribution >= 0.6 is 0 Å². The molecule has 0 rings (SSSR count). The number of nitrogens with two attached hydrogens (primary N) is 1. The summed E-state index contributed by atoms with van der Waals surface area (Å²) in [7, 11) is 0. The first-order chi connectivity index (χ1) is 18.8. The number of hydrogen-bond donors (Lipinski definition) is 1. The number of nitrogens with zero attached hydrogens (tertiary/aromatic N) is 1. The normalized spacial score (nSPS) is 11.7. The molecule has 0 atom stereocenters. The zero-order chi connectivity index (χ0) is 27.8. The summed E-state index contributed by atoms with van der Waals surface area (Å²) in [6, 6.07) is 0. The Labute approximate surface area is 240 Å². The Balaban J connectivity index is 4.03. The fourth-order valence-corrected chi connectivity index (χ4v) is 5.90. The standard InChI is InChI=1S/C35H72N2O/c1-3-5-7-9-14-20-27-35(28-21-15-10-8-6-4-2)29-22-16-13-18-24-32-37(33-26-30-36)31-23-17-11-12-19-25-34-38/h34-35H,3-33,36H2,1-2H3. The summed E-state index contributed by atoms with van der Waals surface area (Å²) in [4.78, 5) is 13.1. The highest BCUT2D eigenvalue weighted by molar-refractivity contribution is 5.48. The molecular weight excluding hydrogens is 464 g/mol. The Morgan fingerprint density at radius 2 is 0.868 bits per heavy atom. The molecule has 0 radical (unpaired) electrons. The third kappa shape index (κ3) is 28.6. The number of carbonyl (C=O) groups excluding carboxylic acids is 1. The molecule has 0 bridgehead atoms. The topological polar surface area (TPSA) is 46.3 Å². The van der Waals surface area contributed by atoms with Crippen molar-refractivity contribution < 1.29 is 4.79 Å². The molecule has 0 spiro atoms. The molecular formula is C35H72N2O. The average Bonchev–Trinajstić information content (AvgIpc) is 2.93. The minimum atomic E-state index is 0.738. The van der Waals surface area contributed by atoms with Crippen molar-refractivity contribution in [3.8, 4) is 0 Å². The van der Waals surface area contributed by atoms with Gasteiger partial charge in [-0.1, -0.05) is 155 Å². The molecule has 0 heterocycles. The maximum absolute atomic E-state index is 10.4. The van der Waals surface area contributed by atoms with Crippen LogP contribution in [0.5, 0.6) is 0 Å². The second-order valence-electron chi connectivity index (χ2n) is 12.2. The molecule has 3 heteroatoms. The summed E-state index contributed by atoms with van der Waals surface area (Å²) in [5, 5.41) is 0. The molecule has 2 N–H and O–H groups in total. The monoisotopic (exact) mass is 537 g/mol. The molecule has 0 aromatic heterocycles. The van der Waals surface area contributed by atoms with Crippen molar-refractivity contribution in [2.24, 2.45) is 11.7 Å². The van der Waals surface area contributed by atoms with Crippen molar-refractivity contribution in [3.05, 3.63) is 0 Å². The highest BCUT2D eigenvalue weighted by Gasteiger charge is 2.09. The second kappa shape index (κ2) is 32.8. The molecule has 0 saturated heterocycles. The lowest BCUT2D eigenvalue weighted by atomic mass is 9.89. The van der Waals surface area contributed by atoms with Gasteiger partial charge in [-0.3, -0.25) is 0 Å². The first-order valence-electron chi connectivity index (χ1n) is 17.6. The van der Waals surface area contributed by atoms with E-state index in [-0.39, 0.29) is 0 Å². The van der Waals surface area contributed by atoms with Gasteiger partial charge in [-0.15, -0.1) is 0 Å². The Morgan fingerprint density at radius 1 is 0.500 bits per heavy atom. The van der Waals surface area contributed by atoms with Crippen LogP contribution in [0, 0.1) is 5.92 Å². The van der Waals surface area contributed by atoms with Crippen LogP contribution in [0.25, 0.3) is 0 Å². The Kier molecular flexibility index (Phi) is 32.4. The number of hydrogen-bond acceptors (Lipinski definition) is 3. The van der Waals surface area contributed by atoms with Gasteiger partial charge < -0.3 is 15.4 Å². The molecule has 0 fully saturated rings. The first-order valence-corrected chi connectivity index (χ1v) is 17.6. The van der Waals surface area contributed by atoms with E-state index in [0.29, 0.717) is 0 Å². The average molecular weight is 537 g/mol. The molecule has 0 aliphatic rings. The molecule has 228 valence electrons. The van der Waals surface area contributed by atoms with E-state index in [0.717, 1.165) is 38.0 Å². The van der Waals surface area contributed by atoms with Crippen LogP contribution in [-0.4, -0.2) is 37.4 Å². The first kappa shape index (κ1) is 37.6. The summed E-state index contributed by atoms with van der Waals surface area (Å²) >= 11 is 0. The van der Waals surface area contributed by atoms with E-state index in [1.54, 1.807) is 0 Å². The van der Waals surface area contributed by atoms with Gasteiger partial charge in [0, 0.05) is 6.42 Å². The minimum absolute atomic E-state index is 0.738. The van der Waals surface area contributed by atoms with Crippen molar-refractivity contribution >= 4 is 6.29 Å². The smallest absolute Gasteiger partial charge is 0.119 e. The highest BCUT2D eigenvalue weighted by atomic mass is 16.1. The summed E-state index contributed by atoms with van der Waals surface area (Å²) < 4.78 is 0. The number of rotatable bonds is 33. The fraction of sp³-hybridized carbons (Fsp3) is 0.971. The van der Waals surface area contributed by atoms with Crippen molar-refractivity contribution in [3.63, 3.8) is 0 Å². The largest absolute Gasteiger partial charge is 0.330 e. The third-order valence-corrected chi connectivity index (χ3v) is 8.49. The van der Waals surface area contributed by atoms with Gasteiger partial charge in [-0.25, -0.2) is 0 Å². The van der Waals surface area contributed by atoms with Crippen LogP contribution in [0.3, 0.4) is 0 Å². The van der Waals surface area contributed by atoms with Gasteiger partial charge in [0.05, 0.1) is 0 Å². The molecule has 0 unspecified atom stereocenters. The Hall–Kier alpha value is -0.410. The van der Waals surface area contributed by atoms with Gasteiger partial charge >= 0.3 is 0 Å². The maximum Gasteiger partial charge on any atom is 0.119 e. The third-order valence-electron chi connectivity index (χ3n) is 8.49. The lowest BCUT2D eigenvalue weighted by Gasteiger charge is -2.22.